The Kier molecular flexibility index (Phi) is 3.51. The van der Waals surface area contributed by atoms with Gasteiger partial charge in [0.25, 0.3) is 0 Å². The van der Waals surface area contributed by atoms with Crippen molar-refractivity contribution >= 4 is 17.2 Å². The van der Waals surface area contributed by atoms with Crippen LogP contribution in [0.5, 0.6) is 5.88 Å². The largest absolute Gasteiger partial charge is 0.473 e. The van der Waals surface area contributed by atoms with Gasteiger partial charge in [-0.15, -0.1) is 0 Å². The number of aromatic nitrogens is 2. The average Bonchev–Trinajstić information content (AvgIpc) is 2.83. The number of aryl methyl sites for hydroxylation is 1. The number of hydrogen-bond donors (Lipinski definition) is 2. The molecule has 0 aromatic carbocycles. The van der Waals surface area contributed by atoms with Crippen LogP contribution in [-0.4, -0.2) is 28.2 Å². The molecule has 2 aromatic heterocycles. The quantitative estimate of drug-likeness (QED) is 0.909. The van der Waals surface area contributed by atoms with Crippen LogP contribution in [0.25, 0.3) is 0 Å². The highest BCUT2D eigenvalue weighted by Crippen LogP contribution is 2.26. The van der Waals surface area contributed by atoms with E-state index in [-0.39, 0.29) is 6.10 Å². The number of amidine groups is 1. The van der Waals surface area contributed by atoms with Gasteiger partial charge in [-0.25, -0.2) is 9.98 Å². The lowest BCUT2D eigenvalue weighted by Gasteiger charge is -2.20. The fourth-order valence-electron chi connectivity index (χ4n) is 2.28. The zero-order valence-corrected chi connectivity index (χ0v) is 12.4. The molecule has 0 atom stereocenters. The molecule has 0 amide bonds. The average molecular weight is 285 g/mol. The second-order valence-electron chi connectivity index (χ2n) is 5.18. The van der Waals surface area contributed by atoms with Crippen LogP contribution >= 0.6 is 0 Å². The molecule has 0 radical (unpaired) electrons. The van der Waals surface area contributed by atoms with E-state index in [4.69, 9.17) is 4.74 Å². The first-order valence-corrected chi connectivity index (χ1v) is 6.98. The van der Waals surface area contributed by atoms with Crippen LogP contribution in [0.15, 0.2) is 35.6 Å². The Morgan fingerprint density at radius 1 is 1.38 bits per heavy atom. The molecule has 0 aliphatic carbocycles. The maximum atomic E-state index is 5.74. The van der Waals surface area contributed by atoms with Gasteiger partial charge in [-0.2, -0.15) is 0 Å². The zero-order valence-electron chi connectivity index (χ0n) is 12.4. The van der Waals surface area contributed by atoms with Crippen molar-refractivity contribution in [3.8, 4) is 5.88 Å². The molecule has 6 nitrogen and oxygen atoms in total. The molecule has 21 heavy (non-hydrogen) atoms. The van der Waals surface area contributed by atoms with Crippen molar-refractivity contribution < 1.29 is 4.74 Å². The monoisotopic (exact) mass is 285 g/mol. The summed E-state index contributed by atoms with van der Waals surface area (Å²) in [5.41, 5.74) is 2.92. The molecule has 1 aliphatic rings. The minimum Gasteiger partial charge on any atom is -0.473 e. The lowest BCUT2D eigenvalue weighted by Crippen LogP contribution is -2.24. The number of anilines is 2. The zero-order chi connectivity index (χ0) is 14.8. The summed E-state index contributed by atoms with van der Waals surface area (Å²) in [6, 6.07) is 5.86. The normalized spacial score (nSPS) is 13.4. The second-order valence-corrected chi connectivity index (χ2v) is 5.18. The number of nitrogens with one attached hydrogen (secondary N) is 2. The molecular formula is C15H19N5O. The molecule has 0 bridgehead atoms. The number of pyridine rings is 1. The van der Waals surface area contributed by atoms with Gasteiger partial charge >= 0.3 is 0 Å². The Labute approximate surface area is 123 Å². The summed E-state index contributed by atoms with van der Waals surface area (Å²) in [5.74, 6) is 1.40. The van der Waals surface area contributed by atoms with Gasteiger partial charge in [0, 0.05) is 19.4 Å². The second kappa shape index (κ2) is 5.47. The SMILES string of the molecule is CC(C)Oc1ncccc1NC1=NCNc2ccn(C)c21. The van der Waals surface area contributed by atoms with E-state index in [2.05, 4.69) is 20.6 Å². The van der Waals surface area contributed by atoms with Gasteiger partial charge in [-0.1, -0.05) is 0 Å². The van der Waals surface area contributed by atoms with Crippen LogP contribution in [0.4, 0.5) is 11.4 Å². The maximum Gasteiger partial charge on any atom is 0.237 e. The molecule has 0 unspecified atom stereocenters. The Balaban J connectivity index is 1.91. The Morgan fingerprint density at radius 3 is 3.05 bits per heavy atom. The van der Waals surface area contributed by atoms with Crippen LogP contribution in [0, 0.1) is 0 Å². The smallest absolute Gasteiger partial charge is 0.237 e. The molecule has 2 N–H and O–H groups in total. The predicted octanol–water partition coefficient (Wildman–Crippen LogP) is 2.45. The highest BCUT2D eigenvalue weighted by atomic mass is 16.5. The van der Waals surface area contributed by atoms with Crippen LogP contribution in [0.2, 0.25) is 0 Å². The van der Waals surface area contributed by atoms with Crippen molar-refractivity contribution in [2.24, 2.45) is 12.0 Å². The summed E-state index contributed by atoms with van der Waals surface area (Å²) in [4.78, 5) is 8.80. The van der Waals surface area contributed by atoms with Crippen molar-refractivity contribution in [1.29, 1.82) is 0 Å². The molecule has 2 aromatic rings. The van der Waals surface area contributed by atoms with Gasteiger partial charge in [0.05, 0.1) is 11.8 Å². The van der Waals surface area contributed by atoms with Crippen molar-refractivity contribution in [2.45, 2.75) is 20.0 Å². The van der Waals surface area contributed by atoms with Crippen molar-refractivity contribution in [3.63, 3.8) is 0 Å². The third kappa shape index (κ3) is 2.69. The van der Waals surface area contributed by atoms with E-state index >= 15 is 0 Å². The Hall–Kier alpha value is -2.50. The fraction of sp³-hybridized carbons (Fsp3) is 0.333. The van der Waals surface area contributed by atoms with E-state index in [9.17, 15) is 0 Å². The minimum absolute atomic E-state index is 0.0704. The number of aliphatic imine (C=N–C) groups is 1. The van der Waals surface area contributed by atoms with Gasteiger partial charge in [-0.05, 0) is 32.0 Å². The molecule has 0 fully saturated rings. The molecular weight excluding hydrogens is 266 g/mol. The maximum absolute atomic E-state index is 5.74. The molecule has 0 saturated heterocycles. The van der Waals surface area contributed by atoms with E-state index in [1.807, 2.05) is 49.9 Å². The summed E-state index contributed by atoms with van der Waals surface area (Å²) < 4.78 is 7.77. The molecule has 0 saturated carbocycles. The molecule has 0 spiro atoms. The van der Waals surface area contributed by atoms with Crippen LogP contribution < -0.4 is 15.4 Å². The Morgan fingerprint density at radius 2 is 2.24 bits per heavy atom. The van der Waals surface area contributed by atoms with Crippen molar-refractivity contribution in [3.05, 3.63) is 36.3 Å². The van der Waals surface area contributed by atoms with Crippen molar-refractivity contribution in [1.82, 2.24) is 9.55 Å². The lowest BCUT2D eigenvalue weighted by atomic mass is 10.3. The van der Waals surface area contributed by atoms with Gasteiger partial charge in [-0.3, -0.25) is 0 Å². The fourth-order valence-corrected chi connectivity index (χ4v) is 2.28. The standard InChI is InChI=1S/C15H19N5O/c1-10(2)21-15-12(5-4-7-16-15)19-14-13-11(17-9-18-14)6-8-20(13)3/h4-8,10,17H,9H2,1-3H3,(H,18,19). The summed E-state index contributed by atoms with van der Waals surface area (Å²) >= 11 is 0. The van der Waals surface area contributed by atoms with E-state index in [0.29, 0.717) is 12.5 Å². The summed E-state index contributed by atoms with van der Waals surface area (Å²) in [6.07, 6.45) is 3.80. The van der Waals surface area contributed by atoms with Gasteiger partial charge < -0.3 is 19.9 Å². The van der Waals surface area contributed by atoms with Gasteiger partial charge in [0.1, 0.15) is 18.1 Å². The topological polar surface area (TPSA) is 63.5 Å². The molecule has 110 valence electrons. The third-order valence-electron chi connectivity index (χ3n) is 3.18. The van der Waals surface area contributed by atoms with E-state index in [1.54, 1.807) is 6.20 Å². The third-order valence-corrected chi connectivity index (χ3v) is 3.18. The minimum atomic E-state index is 0.0704. The first kappa shape index (κ1) is 13.5. The van der Waals surface area contributed by atoms with Crippen LogP contribution in [-0.2, 0) is 7.05 Å². The lowest BCUT2D eigenvalue weighted by molar-refractivity contribution is 0.234. The summed E-state index contributed by atoms with van der Waals surface area (Å²) in [7, 11) is 2.00. The van der Waals surface area contributed by atoms with E-state index in [1.165, 1.54) is 0 Å². The van der Waals surface area contributed by atoms with Crippen LogP contribution in [0.1, 0.15) is 19.5 Å². The molecule has 1 aliphatic heterocycles. The molecule has 3 rings (SSSR count). The highest BCUT2D eigenvalue weighted by Gasteiger charge is 2.19. The van der Waals surface area contributed by atoms with Gasteiger partial charge in [0.2, 0.25) is 5.88 Å². The number of nitrogens with zero attached hydrogens (tertiary/aromatic N) is 3. The van der Waals surface area contributed by atoms with Crippen molar-refractivity contribution in [2.75, 3.05) is 17.3 Å². The van der Waals surface area contributed by atoms with Crippen LogP contribution in [0.3, 0.4) is 0 Å². The first-order chi connectivity index (χ1) is 10.1. The number of rotatable bonds is 3. The number of fused-ring (bicyclic) bond motifs is 1. The molecule has 6 heteroatoms. The summed E-state index contributed by atoms with van der Waals surface area (Å²) in [6.45, 7) is 4.52. The van der Waals surface area contributed by atoms with E-state index in [0.717, 1.165) is 22.9 Å². The van der Waals surface area contributed by atoms with E-state index < -0.39 is 0 Å². The van der Waals surface area contributed by atoms with Gasteiger partial charge in [0.15, 0.2) is 5.84 Å². The predicted molar refractivity (Wildman–Crippen MR) is 84.1 cm³/mol. The number of hydrogen-bond acceptors (Lipinski definition) is 5. The number of ether oxygens (including phenoxy) is 1. The summed E-state index contributed by atoms with van der Waals surface area (Å²) in [5, 5.41) is 6.59. The molecule has 3 heterocycles. The first-order valence-electron chi connectivity index (χ1n) is 6.98. The highest BCUT2D eigenvalue weighted by molar-refractivity contribution is 6.12. The Bertz CT molecular complexity index is 674.